The Labute approximate surface area is 106 Å². The summed E-state index contributed by atoms with van der Waals surface area (Å²) >= 11 is 0. The summed E-state index contributed by atoms with van der Waals surface area (Å²) in [5.74, 6) is 1.95. The third-order valence-corrected chi connectivity index (χ3v) is 2.50. The molecule has 0 spiro atoms. The van der Waals surface area contributed by atoms with Crippen molar-refractivity contribution in [1.82, 2.24) is 19.5 Å². The van der Waals surface area contributed by atoms with Crippen molar-refractivity contribution in [2.45, 2.75) is 12.6 Å². The van der Waals surface area contributed by atoms with E-state index in [4.69, 9.17) is 10.5 Å². The zero-order valence-electron chi connectivity index (χ0n) is 9.54. The topological polar surface area (TPSA) is 116 Å². The van der Waals surface area contributed by atoms with Gasteiger partial charge in [-0.2, -0.15) is 0 Å². The molecule has 0 saturated carbocycles. The van der Waals surface area contributed by atoms with Gasteiger partial charge in [0.05, 0.1) is 0 Å². The predicted octanol–water partition coefficient (Wildman–Crippen LogP) is 0.265. The quantitative estimate of drug-likeness (QED) is 0.779. The summed E-state index contributed by atoms with van der Waals surface area (Å²) < 4.78 is 29.1. The molecule has 2 aromatic rings. The first-order valence-electron chi connectivity index (χ1n) is 5.15. The molecule has 0 aliphatic rings. The van der Waals surface area contributed by atoms with Crippen LogP contribution in [0.25, 0.3) is 11.2 Å². The molecule has 0 saturated heterocycles. The molecule has 0 amide bonds. The number of anilines is 1. The Bertz CT molecular complexity index is 752. The average Bonchev–Trinajstić information content (AvgIpc) is 2.77. The van der Waals surface area contributed by atoms with Gasteiger partial charge in [0.15, 0.2) is 0 Å². The summed E-state index contributed by atoms with van der Waals surface area (Å²) in [5, 5.41) is 0. The number of nitrogen functional groups attached to an aromatic ring is 1. The number of fused-ring (bicyclic) bond motifs is 1. The third-order valence-electron chi connectivity index (χ3n) is 2.32. The van der Waals surface area contributed by atoms with E-state index in [0.717, 1.165) is 0 Å². The van der Waals surface area contributed by atoms with Crippen molar-refractivity contribution in [1.29, 1.82) is 0 Å². The van der Waals surface area contributed by atoms with Crippen LogP contribution in [0, 0.1) is 5.81 Å². The number of hydrogen-bond acceptors (Lipinski definition) is 6. The van der Waals surface area contributed by atoms with Crippen LogP contribution in [0.4, 0.5) is 10.3 Å². The first kappa shape index (κ1) is 13.5. The predicted molar refractivity (Wildman–Crippen MR) is 64.9 cm³/mol. The Hall–Kier alpha value is -1.95. The number of aromatic nitrogens is 4. The molecule has 0 fully saturated rings. The number of aromatic amines is 1. The molecule has 2 heterocycles. The Morgan fingerprint density at radius 3 is 3.16 bits per heavy atom. The van der Waals surface area contributed by atoms with Gasteiger partial charge in [0.2, 0.25) is 0 Å². The SMILES string of the molecule is Nc1nc2c(ncn2C[C@H](CF)OC#P=O)c(=O)[nH]1. The van der Waals surface area contributed by atoms with Crippen LogP contribution in [0.3, 0.4) is 0 Å². The Kier molecular flexibility index (Phi) is 4.11. The summed E-state index contributed by atoms with van der Waals surface area (Å²) in [4.78, 5) is 21.6. The molecule has 0 unspecified atom stereocenters. The molecular formula is C9H9FN5O3P. The second kappa shape index (κ2) is 5.79. The molecule has 3 N–H and O–H groups in total. The van der Waals surface area contributed by atoms with E-state index in [1.54, 1.807) is 0 Å². The summed E-state index contributed by atoms with van der Waals surface area (Å²) in [6.07, 6.45) is 0.425. The molecule has 1 atom stereocenters. The number of hydrogen-bond donors (Lipinski definition) is 2. The van der Waals surface area contributed by atoms with Gasteiger partial charge >= 0.3 is 106 Å². The molecule has 8 nitrogen and oxygen atoms in total. The maximum absolute atomic E-state index is 12.7. The molecular weight excluding hydrogens is 276 g/mol. The number of rotatable bonds is 4. The van der Waals surface area contributed by atoms with Gasteiger partial charge in [-0.1, -0.05) is 0 Å². The van der Waals surface area contributed by atoms with Crippen LogP contribution in [0.5, 0.6) is 0 Å². The fraction of sp³-hybridized carbons (Fsp3) is 0.333. The van der Waals surface area contributed by atoms with E-state index in [1.807, 2.05) is 5.81 Å². The fourth-order valence-corrected chi connectivity index (χ4v) is 1.73. The molecule has 0 aromatic carbocycles. The number of halogens is 1. The van der Waals surface area contributed by atoms with Crippen molar-refractivity contribution >= 4 is 25.0 Å². The van der Waals surface area contributed by atoms with Gasteiger partial charge in [-0.05, 0) is 0 Å². The zero-order chi connectivity index (χ0) is 13.8. The van der Waals surface area contributed by atoms with E-state index in [2.05, 4.69) is 15.0 Å². The number of alkyl halides is 1. The van der Waals surface area contributed by atoms with Gasteiger partial charge in [-0.3, -0.25) is 0 Å². The Morgan fingerprint density at radius 1 is 1.68 bits per heavy atom. The minimum atomic E-state index is -0.902. The van der Waals surface area contributed by atoms with E-state index < -0.39 is 26.3 Å². The molecule has 2 rings (SSSR count). The van der Waals surface area contributed by atoms with E-state index >= 15 is 0 Å². The van der Waals surface area contributed by atoms with E-state index in [9.17, 15) is 13.8 Å². The first-order valence-corrected chi connectivity index (χ1v) is 5.96. The van der Waals surface area contributed by atoms with Crippen molar-refractivity contribution in [3.8, 4) is 5.81 Å². The molecule has 100 valence electrons. The van der Waals surface area contributed by atoms with Gasteiger partial charge in [-0.25, -0.2) is 0 Å². The minimum absolute atomic E-state index is 0.0331. The zero-order valence-corrected chi connectivity index (χ0v) is 10.4. The van der Waals surface area contributed by atoms with Crippen LogP contribution in [-0.2, 0) is 15.8 Å². The van der Waals surface area contributed by atoms with Crippen LogP contribution < -0.4 is 11.3 Å². The second-order valence-electron chi connectivity index (χ2n) is 3.60. The summed E-state index contributed by atoms with van der Waals surface area (Å²) in [6, 6.07) is 0. The standard InChI is InChI=1S/C9H9FN5O3P/c10-1-5(18-4-19-17)2-15-3-12-6-7(15)13-9(11)14-8(6)16/h3,5H,1-2H2,(H3,11,13,14,16)/t5-/m0/s1. The molecule has 0 aliphatic carbocycles. The van der Waals surface area contributed by atoms with E-state index in [0.29, 0.717) is 0 Å². The number of imidazole rings is 1. The Morgan fingerprint density at radius 2 is 2.47 bits per heavy atom. The van der Waals surface area contributed by atoms with Crippen molar-refractivity contribution in [3.05, 3.63) is 16.7 Å². The molecule has 10 heteroatoms. The third kappa shape index (κ3) is 2.90. The van der Waals surface area contributed by atoms with Gasteiger partial charge in [-0.15, -0.1) is 0 Å². The summed E-state index contributed by atoms with van der Waals surface area (Å²) in [7, 11) is -0.472. The van der Waals surface area contributed by atoms with Crippen molar-refractivity contribution < 1.29 is 13.7 Å². The van der Waals surface area contributed by atoms with Gasteiger partial charge < -0.3 is 0 Å². The second-order valence-corrected chi connectivity index (χ2v) is 3.96. The number of nitrogens with zero attached hydrogens (tertiary/aromatic N) is 3. The monoisotopic (exact) mass is 285 g/mol. The van der Waals surface area contributed by atoms with Gasteiger partial charge in [0, 0.05) is 0 Å². The van der Waals surface area contributed by atoms with Gasteiger partial charge in [0.1, 0.15) is 0 Å². The number of ether oxygens (including phenoxy) is 1. The molecule has 0 bridgehead atoms. The number of H-pyrrole nitrogens is 1. The van der Waals surface area contributed by atoms with Crippen molar-refractivity contribution in [2.24, 2.45) is 0 Å². The van der Waals surface area contributed by atoms with E-state index in [1.165, 1.54) is 10.9 Å². The number of nitrogens with one attached hydrogen (secondary N) is 1. The van der Waals surface area contributed by atoms with Gasteiger partial charge in [0.25, 0.3) is 0 Å². The Balaban J connectivity index is 2.36. The molecule has 19 heavy (non-hydrogen) atoms. The summed E-state index contributed by atoms with van der Waals surface area (Å²) in [6.45, 7) is -0.785. The maximum atomic E-state index is 12.7. The summed E-state index contributed by atoms with van der Waals surface area (Å²) in [5.41, 5.74) is 5.28. The van der Waals surface area contributed by atoms with Crippen LogP contribution in [0.15, 0.2) is 11.1 Å². The van der Waals surface area contributed by atoms with Crippen molar-refractivity contribution in [2.75, 3.05) is 12.4 Å². The normalized spacial score (nSPS) is 12.3. The van der Waals surface area contributed by atoms with Crippen LogP contribution in [0.2, 0.25) is 0 Å². The first-order chi connectivity index (χ1) is 9.15. The van der Waals surface area contributed by atoms with Crippen LogP contribution in [-0.4, -0.2) is 32.3 Å². The van der Waals surface area contributed by atoms with Crippen molar-refractivity contribution in [3.63, 3.8) is 0 Å². The molecule has 0 aliphatic heterocycles. The fourth-order valence-electron chi connectivity index (χ4n) is 1.54. The van der Waals surface area contributed by atoms with Crippen LogP contribution >= 0.6 is 7.92 Å². The average molecular weight is 285 g/mol. The van der Waals surface area contributed by atoms with Crippen LogP contribution in [0.1, 0.15) is 0 Å². The molecule has 2 aromatic heterocycles. The molecule has 0 radical (unpaired) electrons. The van der Waals surface area contributed by atoms with E-state index in [-0.39, 0.29) is 23.7 Å². The number of nitrogens with two attached hydrogens (primary N) is 1.